The zero-order valence-electron chi connectivity index (χ0n) is 17.6. The molecule has 0 amide bonds. The lowest BCUT2D eigenvalue weighted by Crippen LogP contribution is -2.39. The van der Waals surface area contributed by atoms with E-state index in [9.17, 15) is 8.42 Å². The van der Waals surface area contributed by atoms with Gasteiger partial charge in [-0.05, 0) is 36.5 Å². The Balaban J connectivity index is 0.00000420. The fraction of sp³-hybridized carbons (Fsp3) is 0.409. The van der Waals surface area contributed by atoms with Gasteiger partial charge in [-0.15, -0.1) is 24.0 Å². The third-order valence-corrected chi connectivity index (χ3v) is 5.26. The largest absolute Gasteiger partial charge is 0.357 e. The van der Waals surface area contributed by atoms with Crippen molar-refractivity contribution in [1.82, 2.24) is 10.6 Å². The van der Waals surface area contributed by atoms with Crippen molar-refractivity contribution < 1.29 is 8.42 Å². The SMILES string of the molecule is CCNC(=NCc1ccc(CS(C)(=O)=O)cc1)NCC(C)c1cccc(C)c1.I. The Kier molecular flexibility index (Phi) is 10.7. The first kappa shape index (κ1) is 25.4. The van der Waals surface area contributed by atoms with Crippen molar-refractivity contribution >= 4 is 39.8 Å². The average molecular weight is 529 g/mol. The first-order chi connectivity index (χ1) is 13.3. The second-order valence-corrected chi connectivity index (χ2v) is 9.42. The van der Waals surface area contributed by atoms with Crippen LogP contribution >= 0.6 is 24.0 Å². The Morgan fingerprint density at radius 3 is 2.31 bits per heavy atom. The summed E-state index contributed by atoms with van der Waals surface area (Å²) >= 11 is 0. The molecule has 160 valence electrons. The molecule has 1 atom stereocenters. The average Bonchev–Trinajstić information content (AvgIpc) is 2.63. The number of hydrogen-bond acceptors (Lipinski definition) is 3. The number of sulfone groups is 1. The van der Waals surface area contributed by atoms with Crippen LogP contribution in [0.3, 0.4) is 0 Å². The van der Waals surface area contributed by atoms with Gasteiger partial charge in [0.1, 0.15) is 0 Å². The number of aryl methyl sites for hydroxylation is 1. The van der Waals surface area contributed by atoms with Gasteiger partial charge in [0.2, 0.25) is 0 Å². The maximum absolute atomic E-state index is 11.4. The molecule has 0 aromatic heterocycles. The topological polar surface area (TPSA) is 70.6 Å². The van der Waals surface area contributed by atoms with Crippen LogP contribution in [0.2, 0.25) is 0 Å². The van der Waals surface area contributed by atoms with Crippen molar-refractivity contribution in [2.75, 3.05) is 19.3 Å². The summed E-state index contributed by atoms with van der Waals surface area (Å²) in [6.45, 7) is 8.47. The highest BCUT2D eigenvalue weighted by Crippen LogP contribution is 2.15. The van der Waals surface area contributed by atoms with Crippen molar-refractivity contribution in [3.63, 3.8) is 0 Å². The van der Waals surface area contributed by atoms with E-state index in [0.29, 0.717) is 12.5 Å². The van der Waals surface area contributed by atoms with E-state index in [1.54, 1.807) is 0 Å². The molecule has 2 aromatic rings. The molecule has 5 nitrogen and oxygen atoms in total. The Bertz CT molecular complexity index is 897. The second kappa shape index (κ2) is 12.2. The smallest absolute Gasteiger partial charge is 0.191 e. The van der Waals surface area contributed by atoms with Crippen molar-refractivity contribution in [2.24, 2.45) is 4.99 Å². The highest BCUT2D eigenvalue weighted by Gasteiger charge is 2.07. The molecule has 0 spiro atoms. The van der Waals surface area contributed by atoms with Gasteiger partial charge in [-0.25, -0.2) is 13.4 Å². The molecule has 2 rings (SSSR count). The summed E-state index contributed by atoms with van der Waals surface area (Å²) in [5.74, 6) is 1.22. The molecule has 0 aliphatic rings. The maximum atomic E-state index is 11.4. The monoisotopic (exact) mass is 529 g/mol. The lowest BCUT2D eigenvalue weighted by molar-refractivity contribution is 0.601. The summed E-state index contributed by atoms with van der Waals surface area (Å²) in [5, 5.41) is 6.68. The quantitative estimate of drug-likeness (QED) is 0.308. The Labute approximate surface area is 192 Å². The predicted octanol–water partition coefficient (Wildman–Crippen LogP) is 4.02. The Morgan fingerprint density at radius 2 is 1.72 bits per heavy atom. The molecule has 0 fully saturated rings. The van der Waals surface area contributed by atoms with E-state index >= 15 is 0 Å². The van der Waals surface area contributed by atoms with E-state index < -0.39 is 9.84 Å². The molecular weight excluding hydrogens is 497 g/mol. The molecule has 1 unspecified atom stereocenters. The summed E-state index contributed by atoms with van der Waals surface area (Å²) in [7, 11) is -3.01. The molecule has 2 N–H and O–H groups in total. The van der Waals surface area contributed by atoms with Gasteiger partial charge in [0.05, 0.1) is 12.3 Å². The van der Waals surface area contributed by atoms with Crippen molar-refractivity contribution in [2.45, 2.75) is 39.0 Å². The van der Waals surface area contributed by atoms with Crippen LogP contribution in [0.5, 0.6) is 0 Å². The maximum Gasteiger partial charge on any atom is 0.191 e. The molecule has 7 heteroatoms. The Hall–Kier alpha value is -1.61. The van der Waals surface area contributed by atoms with Gasteiger partial charge >= 0.3 is 0 Å². The summed E-state index contributed by atoms with van der Waals surface area (Å²) in [6, 6.07) is 16.1. The van der Waals surface area contributed by atoms with Crippen molar-refractivity contribution in [3.05, 3.63) is 70.8 Å². The first-order valence-electron chi connectivity index (χ1n) is 9.61. The van der Waals surface area contributed by atoms with Gasteiger partial charge in [0, 0.05) is 19.3 Å². The van der Waals surface area contributed by atoms with E-state index in [4.69, 9.17) is 0 Å². The van der Waals surface area contributed by atoms with E-state index in [1.165, 1.54) is 17.4 Å². The number of nitrogens with zero attached hydrogens (tertiary/aromatic N) is 1. The number of halogens is 1. The molecule has 0 heterocycles. The molecule has 2 aromatic carbocycles. The van der Waals surface area contributed by atoms with Crippen LogP contribution in [0.15, 0.2) is 53.5 Å². The van der Waals surface area contributed by atoms with Gasteiger partial charge in [0.25, 0.3) is 0 Å². The van der Waals surface area contributed by atoms with Crippen LogP contribution in [0.1, 0.15) is 42.0 Å². The molecular formula is C22H32IN3O2S. The minimum absolute atomic E-state index is 0. The highest BCUT2D eigenvalue weighted by atomic mass is 127. The number of hydrogen-bond donors (Lipinski definition) is 2. The first-order valence-corrected chi connectivity index (χ1v) is 11.7. The van der Waals surface area contributed by atoms with Gasteiger partial charge in [-0.3, -0.25) is 0 Å². The van der Waals surface area contributed by atoms with Crippen LogP contribution in [0.4, 0.5) is 0 Å². The fourth-order valence-electron chi connectivity index (χ4n) is 2.90. The van der Waals surface area contributed by atoms with E-state index in [0.717, 1.165) is 30.2 Å². The summed E-state index contributed by atoms with van der Waals surface area (Å²) in [5.41, 5.74) is 4.42. The third-order valence-electron chi connectivity index (χ3n) is 4.40. The standard InChI is InChI=1S/C22H31N3O2S.HI/c1-5-23-22(24-14-18(3)21-8-6-7-17(2)13-21)25-15-19-9-11-20(12-10-19)16-28(4,26)27;/h6-13,18H,5,14-16H2,1-4H3,(H2,23,24,25);1H. The predicted molar refractivity (Wildman–Crippen MR) is 133 cm³/mol. The van der Waals surface area contributed by atoms with Crippen LogP contribution < -0.4 is 10.6 Å². The zero-order valence-corrected chi connectivity index (χ0v) is 20.8. The normalized spacial score (nSPS) is 12.8. The van der Waals surface area contributed by atoms with Crippen molar-refractivity contribution in [3.8, 4) is 0 Å². The highest BCUT2D eigenvalue weighted by molar-refractivity contribution is 14.0. The van der Waals surface area contributed by atoms with E-state index in [-0.39, 0.29) is 29.7 Å². The lowest BCUT2D eigenvalue weighted by Gasteiger charge is -2.16. The van der Waals surface area contributed by atoms with E-state index in [2.05, 4.69) is 53.7 Å². The molecule has 0 radical (unpaired) electrons. The Morgan fingerprint density at radius 1 is 1.07 bits per heavy atom. The van der Waals surface area contributed by atoms with Crippen LogP contribution in [0.25, 0.3) is 0 Å². The number of aliphatic imine (C=N–C) groups is 1. The van der Waals surface area contributed by atoms with Gasteiger partial charge in [0.15, 0.2) is 15.8 Å². The number of guanidine groups is 1. The summed E-state index contributed by atoms with van der Waals surface area (Å²) in [4.78, 5) is 4.65. The third kappa shape index (κ3) is 9.62. The molecule has 0 aliphatic carbocycles. The number of rotatable bonds is 8. The minimum Gasteiger partial charge on any atom is -0.357 e. The number of benzene rings is 2. The zero-order chi connectivity index (χ0) is 20.6. The van der Waals surface area contributed by atoms with Gasteiger partial charge < -0.3 is 10.6 Å². The van der Waals surface area contributed by atoms with Crippen LogP contribution in [-0.2, 0) is 22.1 Å². The minimum atomic E-state index is -3.01. The van der Waals surface area contributed by atoms with Crippen LogP contribution in [-0.4, -0.2) is 33.7 Å². The van der Waals surface area contributed by atoms with Crippen LogP contribution in [0, 0.1) is 6.92 Å². The van der Waals surface area contributed by atoms with Crippen molar-refractivity contribution in [1.29, 1.82) is 0 Å². The molecule has 0 saturated carbocycles. The lowest BCUT2D eigenvalue weighted by atomic mass is 9.99. The molecule has 0 bridgehead atoms. The summed E-state index contributed by atoms with van der Waals surface area (Å²) < 4.78 is 22.8. The molecule has 0 saturated heterocycles. The molecule has 29 heavy (non-hydrogen) atoms. The van der Waals surface area contributed by atoms with Gasteiger partial charge in [-0.2, -0.15) is 0 Å². The second-order valence-electron chi connectivity index (χ2n) is 7.28. The summed E-state index contributed by atoms with van der Waals surface area (Å²) in [6.07, 6.45) is 1.25. The number of nitrogens with one attached hydrogen (secondary N) is 2. The van der Waals surface area contributed by atoms with Gasteiger partial charge in [-0.1, -0.05) is 61.0 Å². The fourth-order valence-corrected chi connectivity index (χ4v) is 3.70. The van der Waals surface area contributed by atoms with E-state index in [1.807, 2.05) is 31.2 Å². The molecule has 0 aliphatic heterocycles.